The van der Waals surface area contributed by atoms with E-state index in [4.69, 9.17) is 4.99 Å². The summed E-state index contributed by atoms with van der Waals surface area (Å²) in [6.07, 6.45) is 38.0. The molecule has 3 unspecified atom stereocenters. The third kappa shape index (κ3) is 4.81. The highest BCUT2D eigenvalue weighted by atomic mass is 15.2. The molecule has 0 saturated heterocycles. The van der Waals surface area contributed by atoms with Crippen LogP contribution in [0.4, 0.5) is 0 Å². The van der Waals surface area contributed by atoms with Crippen LogP contribution in [0.2, 0.25) is 0 Å². The van der Waals surface area contributed by atoms with Gasteiger partial charge in [-0.05, 0) is 110 Å². The van der Waals surface area contributed by atoms with Gasteiger partial charge in [-0.1, -0.05) is 103 Å². The first-order chi connectivity index (χ1) is 24.8. The minimum atomic E-state index is 0.0129. The van der Waals surface area contributed by atoms with Gasteiger partial charge in [0.1, 0.15) is 6.17 Å². The van der Waals surface area contributed by atoms with Crippen LogP contribution in [0.3, 0.4) is 0 Å². The van der Waals surface area contributed by atoms with Gasteiger partial charge in [-0.3, -0.25) is 4.99 Å². The molecule has 246 valence electrons. The van der Waals surface area contributed by atoms with Gasteiger partial charge in [-0.25, -0.2) is 0 Å². The molecule has 2 aromatic carbocycles. The van der Waals surface area contributed by atoms with Crippen molar-refractivity contribution in [2.45, 2.75) is 69.9 Å². The van der Waals surface area contributed by atoms with Crippen molar-refractivity contribution < 1.29 is 0 Å². The Kier molecular flexibility index (Phi) is 7.33. The zero-order valence-corrected chi connectivity index (χ0v) is 28.6. The summed E-state index contributed by atoms with van der Waals surface area (Å²) in [4.78, 5) is 5.63. The van der Waals surface area contributed by atoms with E-state index in [0.29, 0.717) is 11.8 Å². The number of hydrogen-bond donors (Lipinski definition) is 0. The number of rotatable bonds is 5. The van der Waals surface area contributed by atoms with Crippen LogP contribution in [-0.2, 0) is 19.3 Å². The maximum absolute atomic E-state index is 5.63. The van der Waals surface area contributed by atoms with Crippen molar-refractivity contribution in [3.63, 3.8) is 0 Å². The van der Waals surface area contributed by atoms with E-state index in [1.807, 2.05) is 0 Å². The molecule has 2 aromatic heterocycles. The quantitative estimate of drug-likeness (QED) is 0.205. The second-order valence-corrected chi connectivity index (χ2v) is 14.6. The molecule has 0 fully saturated rings. The van der Waals surface area contributed by atoms with E-state index in [2.05, 4.69) is 143 Å². The topological polar surface area (TPSA) is 22.2 Å². The van der Waals surface area contributed by atoms with Crippen LogP contribution < -0.4 is 0 Å². The maximum atomic E-state index is 5.63. The highest BCUT2D eigenvalue weighted by molar-refractivity contribution is 6.04. The van der Waals surface area contributed by atoms with Gasteiger partial charge in [0.05, 0.1) is 0 Å². The Balaban J connectivity index is 1.12. The molecule has 0 bridgehead atoms. The summed E-state index contributed by atoms with van der Waals surface area (Å²) in [5.41, 5.74) is 18.5. The molecule has 0 radical (unpaired) electrons. The van der Waals surface area contributed by atoms with E-state index >= 15 is 0 Å². The number of aliphatic imine (C=N–C) groups is 1. The second kappa shape index (κ2) is 12.3. The van der Waals surface area contributed by atoms with Crippen LogP contribution >= 0.6 is 0 Å². The lowest BCUT2D eigenvalue weighted by atomic mass is 9.75. The van der Waals surface area contributed by atoms with Gasteiger partial charge in [-0.2, -0.15) is 0 Å². The largest absolute Gasteiger partial charge is 0.318 e. The normalized spacial score (nSPS) is 23.0. The third-order valence-corrected chi connectivity index (χ3v) is 11.8. The Morgan fingerprint density at radius 1 is 0.700 bits per heavy atom. The molecule has 1 aliphatic heterocycles. The first-order valence-corrected chi connectivity index (χ1v) is 18.8. The molecule has 0 amide bonds. The fraction of sp³-hybridized carbons (Fsp3) is 0.255. The number of benzene rings is 2. The van der Waals surface area contributed by atoms with Crippen molar-refractivity contribution in [2.75, 3.05) is 0 Å². The first kappa shape index (κ1) is 29.7. The maximum Gasteiger partial charge on any atom is 0.129 e. The highest BCUT2D eigenvalue weighted by Crippen LogP contribution is 2.51. The summed E-state index contributed by atoms with van der Waals surface area (Å²) >= 11 is 0. The van der Waals surface area contributed by atoms with E-state index in [1.54, 1.807) is 16.7 Å². The van der Waals surface area contributed by atoms with Crippen molar-refractivity contribution >= 4 is 35.1 Å². The zero-order valence-electron chi connectivity index (χ0n) is 28.6. The lowest BCUT2D eigenvalue weighted by Gasteiger charge is -2.30. The van der Waals surface area contributed by atoms with Crippen molar-refractivity contribution in [2.24, 2.45) is 10.9 Å². The molecular weight excluding hydrogens is 607 g/mol. The van der Waals surface area contributed by atoms with Gasteiger partial charge in [0.15, 0.2) is 0 Å². The van der Waals surface area contributed by atoms with E-state index in [9.17, 15) is 0 Å². The number of aromatic nitrogens is 2. The number of nitrogens with zero attached hydrogens (tertiary/aromatic N) is 3. The van der Waals surface area contributed by atoms with E-state index in [-0.39, 0.29) is 6.17 Å². The summed E-state index contributed by atoms with van der Waals surface area (Å²) in [7, 11) is 0. The predicted molar refractivity (Wildman–Crippen MR) is 209 cm³/mol. The number of fused-ring (bicyclic) bond motifs is 6. The summed E-state index contributed by atoms with van der Waals surface area (Å²) in [5.74, 6) is 0.644. The molecule has 3 heterocycles. The monoisotopic (exact) mass is 649 g/mol. The number of para-hydroxylation sites is 1. The van der Waals surface area contributed by atoms with Gasteiger partial charge in [-0.15, -0.1) is 0 Å². The van der Waals surface area contributed by atoms with Crippen molar-refractivity contribution in [1.82, 2.24) is 9.13 Å². The molecule has 0 saturated carbocycles. The fourth-order valence-electron chi connectivity index (χ4n) is 9.63. The number of allylic oxidation sites excluding steroid dienone is 10. The average Bonchev–Trinajstić information content (AvgIpc) is 3.72. The summed E-state index contributed by atoms with van der Waals surface area (Å²) in [6.45, 7) is 0. The van der Waals surface area contributed by atoms with E-state index < -0.39 is 0 Å². The van der Waals surface area contributed by atoms with Gasteiger partial charge in [0.2, 0.25) is 0 Å². The van der Waals surface area contributed by atoms with Crippen LogP contribution in [0.25, 0.3) is 35.1 Å². The lowest BCUT2D eigenvalue weighted by molar-refractivity contribution is 0.522. The minimum Gasteiger partial charge on any atom is -0.318 e. The molecule has 0 N–H and O–H groups in total. The van der Waals surface area contributed by atoms with Crippen LogP contribution in [0.5, 0.6) is 0 Å². The van der Waals surface area contributed by atoms with E-state index in [1.165, 1.54) is 56.4 Å². The number of dihydropyridines is 1. The van der Waals surface area contributed by atoms with Crippen molar-refractivity contribution in [3.8, 4) is 5.69 Å². The standard InChI is InChI=1S/C47H43N3/c1-4-16-32(17-5-1)34-30-40(33-18-6-2-7-19-33)48-45(31-34)50-42-27-13-11-23-39(42)47-37(25-15-29-44(47)50)36-24-14-28-43-46(36)38-22-10-12-26-41(38)49(43)35-20-8-3-9-21-35/h1-10,13,15-18,20-22,24,27,29-30,33,37,45H,11-12,14,19,23,25-26,28,31H2. The molecule has 3 nitrogen and oxygen atoms in total. The third-order valence-electron chi connectivity index (χ3n) is 11.8. The lowest BCUT2D eigenvalue weighted by Crippen LogP contribution is -2.22. The smallest absolute Gasteiger partial charge is 0.129 e. The molecular formula is C47H43N3. The molecule has 0 spiro atoms. The Hall–Kier alpha value is -5.15. The van der Waals surface area contributed by atoms with Gasteiger partial charge >= 0.3 is 0 Å². The molecule has 6 aliphatic rings. The minimum absolute atomic E-state index is 0.0129. The van der Waals surface area contributed by atoms with Crippen LogP contribution in [0, 0.1) is 5.92 Å². The predicted octanol–water partition coefficient (Wildman–Crippen LogP) is 11.3. The van der Waals surface area contributed by atoms with Crippen molar-refractivity contribution in [1.29, 1.82) is 0 Å². The van der Waals surface area contributed by atoms with Crippen LogP contribution in [0.1, 0.15) is 101 Å². The molecule has 50 heavy (non-hydrogen) atoms. The molecule has 3 heteroatoms. The molecule has 5 aliphatic carbocycles. The Bertz CT molecular complexity index is 2240. The van der Waals surface area contributed by atoms with Crippen molar-refractivity contribution in [3.05, 3.63) is 166 Å². The van der Waals surface area contributed by atoms with Gasteiger partial charge < -0.3 is 9.13 Å². The Morgan fingerprint density at radius 2 is 1.50 bits per heavy atom. The van der Waals surface area contributed by atoms with E-state index in [0.717, 1.165) is 57.8 Å². The Morgan fingerprint density at radius 3 is 2.36 bits per heavy atom. The summed E-state index contributed by atoms with van der Waals surface area (Å²) < 4.78 is 5.25. The number of hydrogen-bond acceptors (Lipinski definition) is 1. The van der Waals surface area contributed by atoms with Crippen LogP contribution in [0.15, 0.2) is 120 Å². The first-order valence-electron chi connectivity index (χ1n) is 18.8. The fourth-order valence-corrected chi connectivity index (χ4v) is 9.63. The van der Waals surface area contributed by atoms with Gasteiger partial charge in [0.25, 0.3) is 0 Å². The van der Waals surface area contributed by atoms with Crippen LogP contribution in [-0.4, -0.2) is 14.8 Å². The van der Waals surface area contributed by atoms with Gasteiger partial charge in [0, 0.05) is 63.6 Å². The summed E-state index contributed by atoms with van der Waals surface area (Å²) in [6, 6.07) is 22.1. The summed E-state index contributed by atoms with van der Waals surface area (Å²) in [5, 5.41) is 0. The molecule has 10 rings (SSSR count). The SMILES string of the molecule is C1=CCC(C2=NC(n3c4c(c5c3C=CCC5C3=CCCc5c3c3c(n5-c5ccccc5)CCC=C3)CCC=C4)CC(c3ccccc3)=C2)C=C1. The Labute approximate surface area is 295 Å². The second-order valence-electron chi connectivity index (χ2n) is 14.6. The molecule has 3 atom stereocenters. The highest BCUT2D eigenvalue weighted by Gasteiger charge is 2.37. The molecule has 4 aromatic rings. The zero-order chi connectivity index (χ0) is 33.0. The average molecular weight is 650 g/mol.